The zero-order valence-electron chi connectivity index (χ0n) is 11.7. The van der Waals surface area contributed by atoms with Gasteiger partial charge in [0.1, 0.15) is 0 Å². The van der Waals surface area contributed by atoms with Crippen LogP contribution in [0.2, 0.25) is 0 Å². The number of hydrogen-bond donors (Lipinski definition) is 1. The maximum atomic E-state index is 5.30. The number of nitrogens with zero attached hydrogens (tertiary/aromatic N) is 1. The second-order valence-electron chi connectivity index (χ2n) is 5.04. The minimum absolute atomic E-state index is 0.840. The van der Waals surface area contributed by atoms with Crippen LogP contribution in [0.15, 0.2) is 0 Å². The highest BCUT2D eigenvalue weighted by Crippen LogP contribution is 2.19. The van der Waals surface area contributed by atoms with Gasteiger partial charge in [-0.05, 0) is 45.2 Å². The van der Waals surface area contributed by atoms with E-state index in [1.165, 1.54) is 38.9 Å². The van der Waals surface area contributed by atoms with Crippen LogP contribution in [0.1, 0.15) is 39.5 Å². The molecule has 0 bridgehead atoms. The molecule has 0 saturated carbocycles. The summed E-state index contributed by atoms with van der Waals surface area (Å²) in [7, 11) is 0. The Balaban J connectivity index is 1.87. The van der Waals surface area contributed by atoms with Crippen LogP contribution in [0.3, 0.4) is 0 Å². The van der Waals surface area contributed by atoms with Crippen molar-refractivity contribution < 1.29 is 4.74 Å². The first-order valence-electron chi connectivity index (χ1n) is 7.37. The largest absolute Gasteiger partial charge is 0.382 e. The standard InChI is InChI=1S/C14H30N2O/c1-3-6-14-7-10-16(13-14)11-9-15-8-5-12-17-4-2/h14-15H,3-13H2,1-2H3. The van der Waals surface area contributed by atoms with Crippen molar-refractivity contribution in [1.82, 2.24) is 10.2 Å². The molecule has 0 aromatic heterocycles. The minimum Gasteiger partial charge on any atom is -0.382 e. The summed E-state index contributed by atoms with van der Waals surface area (Å²) in [6, 6.07) is 0. The molecule has 1 saturated heterocycles. The number of rotatable bonds is 10. The van der Waals surface area contributed by atoms with Crippen molar-refractivity contribution in [2.24, 2.45) is 5.92 Å². The lowest BCUT2D eigenvalue weighted by Crippen LogP contribution is -2.31. The lowest BCUT2D eigenvalue weighted by molar-refractivity contribution is 0.144. The molecule has 0 radical (unpaired) electrons. The van der Waals surface area contributed by atoms with Crippen molar-refractivity contribution in [2.45, 2.75) is 39.5 Å². The molecule has 1 aliphatic rings. The van der Waals surface area contributed by atoms with E-state index in [-0.39, 0.29) is 0 Å². The van der Waals surface area contributed by atoms with Crippen molar-refractivity contribution in [3.63, 3.8) is 0 Å². The Morgan fingerprint density at radius 1 is 1.29 bits per heavy atom. The van der Waals surface area contributed by atoms with Crippen LogP contribution in [0.5, 0.6) is 0 Å². The number of ether oxygens (including phenoxy) is 1. The Labute approximate surface area is 107 Å². The van der Waals surface area contributed by atoms with Crippen molar-refractivity contribution >= 4 is 0 Å². The van der Waals surface area contributed by atoms with Gasteiger partial charge in [0.25, 0.3) is 0 Å². The molecule has 17 heavy (non-hydrogen) atoms. The van der Waals surface area contributed by atoms with Gasteiger partial charge in [-0.15, -0.1) is 0 Å². The van der Waals surface area contributed by atoms with Crippen LogP contribution < -0.4 is 5.32 Å². The predicted molar refractivity (Wildman–Crippen MR) is 73.4 cm³/mol. The molecule has 1 heterocycles. The molecule has 1 atom stereocenters. The summed E-state index contributed by atoms with van der Waals surface area (Å²) in [5.41, 5.74) is 0. The second kappa shape index (κ2) is 9.86. The summed E-state index contributed by atoms with van der Waals surface area (Å²) in [4.78, 5) is 2.61. The summed E-state index contributed by atoms with van der Waals surface area (Å²) in [5.74, 6) is 0.970. The molecule has 1 unspecified atom stereocenters. The van der Waals surface area contributed by atoms with E-state index in [0.717, 1.165) is 38.6 Å². The predicted octanol–water partition coefficient (Wildman–Crippen LogP) is 2.12. The van der Waals surface area contributed by atoms with E-state index in [9.17, 15) is 0 Å². The maximum Gasteiger partial charge on any atom is 0.0477 e. The second-order valence-corrected chi connectivity index (χ2v) is 5.04. The lowest BCUT2D eigenvalue weighted by atomic mass is 10.0. The van der Waals surface area contributed by atoms with Crippen LogP contribution in [-0.2, 0) is 4.74 Å². The fourth-order valence-corrected chi connectivity index (χ4v) is 2.57. The molecule has 0 aromatic rings. The molecule has 0 aromatic carbocycles. The van der Waals surface area contributed by atoms with Crippen molar-refractivity contribution in [3.05, 3.63) is 0 Å². The Morgan fingerprint density at radius 2 is 2.18 bits per heavy atom. The molecule has 1 rings (SSSR count). The first kappa shape index (κ1) is 14.9. The van der Waals surface area contributed by atoms with E-state index in [1.807, 2.05) is 6.92 Å². The third-order valence-electron chi connectivity index (χ3n) is 3.52. The quantitative estimate of drug-likeness (QED) is 0.594. The van der Waals surface area contributed by atoms with E-state index in [2.05, 4.69) is 17.1 Å². The molecule has 1 aliphatic heterocycles. The van der Waals surface area contributed by atoms with E-state index in [4.69, 9.17) is 4.74 Å². The normalized spacial score (nSPS) is 21.2. The van der Waals surface area contributed by atoms with Crippen LogP contribution in [0.25, 0.3) is 0 Å². The number of nitrogens with one attached hydrogen (secondary N) is 1. The smallest absolute Gasteiger partial charge is 0.0477 e. The van der Waals surface area contributed by atoms with Gasteiger partial charge in [-0.25, -0.2) is 0 Å². The van der Waals surface area contributed by atoms with E-state index in [1.54, 1.807) is 0 Å². The van der Waals surface area contributed by atoms with E-state index in [0.29, 0.717) is 0 Å². The van der Waals surface area contributed by atoms with Gasteiger partial charge in [0, 0.05) is 32.8 Å². The summed E-state index contributed by atoms with van der Waals surface area (Å²) in [5, 5.41) is 3.50. The molecule has 1 N–H and O–H groups in total. The van der Waals surface area contributed by atoms with Gasteiger partial charge >= 0.3 is 0 Å². The van der Waals surface area contributed by atoms with Crippen molar-refractivity contribution in [1.29, 1.82) is 0 Å². The van der Waals surface area contributed by atoms with E-state index >= 15 is 0 Å². The summed E-state index contributed by atoms with van der Waals surface area (Å²) in [6.07, 6.45) is 5.30. The topological polar surface area (TPSA) is 24.5 Å². The Morgan fingerprint density at radius 3 is 2.94 bits per heavy atom. The molecule has 0 spiro atoms. The molecule has 102 valence electrons. The van der Waals surface area contributed by atoms with Crippen molar-refractivity contribution in [3.8, 4) is 0 Å². The van der Waals surface area contributed by atoms with Crippen molar-refractivity contribution in [2.75, 3.05) is 45.9 Å². The van der Waals surface area contributed by atoms with Gasteiger partial charge in [-0.2, -0.15) is 0 Å². The minimum atomic E-state index is 0.840. The van der Waals surface area contributed by atoms with Gasteiger partial charge in [-0.3, -0.25) is 0 Å². The average Bonchev–Trinajstić information content (AvgIpc) is 2.76. The highest BCUT2D eigenvalue weighted by molar-refractivity contribution is 4.75. The van der Waals surface area contributed by atoms with Gasteiger partial charge in [0.15, 0.2) is 0 Å². The lowest BCUT2D eigenvalue weighted by Gasteiger charge is -2.16. The fraction of sp³-hybridized carbons (Fsp3) is 1.00. The monoisotopic (exact) mass is 242 g/mol. The number of likely N-dealkylation sites (tertiary alicyclic amines) is 1. The van der Waals surface area contributed by atoms with Gasteiger partial charge < -0.3 is 15.0 Å². The zero-order valence-corrected chi connectivity index (χ0v) is 11.7. The first-order valence-corrected chi connectivity index (χ1v) is 7.37. The Bertz CT molecular complexity index is 176. The summed E-state index contributed by atoms with van der Waals surface area (Å²) < 4.78 is 5.30. The number of hydrogen-bond acceptors (Lipinski definition) is 3. The summed E-state index contributed by atoms with van der Waals surface area (Å²) >= 11 is 0. The van der Waals surface area contributed by atoms with Crippen LogP contribution >= 0.6 is 0 Å². The molecular formula is C14H30N2O. The maximum absolute atomic E-state index is 5.30. The third-order valence-corrected chi connectivity index (χ3v) is 3.52. The van der Waals surface area contributed by atoms with Gasteiger partial charge in [0.2, 0.25) is 0 Å². The molecule has 0 aliphatic carbocycles. The van der Waals surface area contributed by atoms with Gasteiger partial charge in [0.05, 0.1) is 0 Å². The SMILES string of the molecule is CCCC1CCN(CCNCCCOCC)C1. The molecular weight excluding hydrogens is 212 g/mol. The van der Waals surface area contributed by atoms with Gasteiger partial charge in [-0.1, -0.05) is 13.3 Å². The molecule has 3 heteroatoms. The fourth-order valence-electron chi connectivity index (χ4n) is 2.57. The highest BCUT2D eigenvalue weighted by Gasteiger charge is 2.20. The summed E-state index contributed by atoms with van der Waals surface area (Å²) in [6.45, 7) is 12.2. The van der Waals surface area contributed by atoms with Crippen LogP contribution in [0, 0.1) is 5.92 Å². The van der Waals surface area contributed by atoms with E-state index < -0.39 is 0 Å². The zero-order chi connectivity index (χ0) is 12.3. The highest BCUT2D eigenvalue weighted by atomic mass is 16.5. The third kappa shape index (κ3) is 7.02. The molecule has 3 nitrogen and oxygen atoms in total. The van der Waals surface area contributed by atoms with Crippen LogP contribution in [0.4, 0.5) is 0 Å². The molecule has 0 amide bonds. The Kier molecular flexibility index (Phi) is 8.67. The molecule has 1 fully saturated rings. The first-order chi connectivity index (χ1) is 8.36. The van der Waals surface area contributed by atoms with Crippen LogP contribution in [-0.4, -0.2) is 50.8 Å². The average molecular weight is 242 g/mol. The Hall–Kier alpha value is -0.120.